The number of nitrogens with zero attached hydrogens (tertiary/aromatic N) is 1. The molecule has 0 saturated carbocycles. The minimum Gasteiger partial charge on any atom is -0.482 e. The van der Waals surface area contributed by atoms with Gasteiger partial charge in [0.25, 0.3) is 5.91 Å². The normalized spacial score (nSPS) is 15.4. The van der Waals surface area contributed by atoms with E-state index in [4.69, 9.17) is 9.47 Å². The van der Waals surface area contributed by atoms with E-state index < -0.39 is 12.0 Å². The third-order valence-corrected chi connectivity index (χ3v) is 4.59. The lowest BCUT2D eigenvalue weighted by Gasteiger charge is -2.35. The number of anilines is 1. The lowest BCUT2D eigenvalue weighted by molar-refractivity contribution is -0.154. The third-order valence-electron chi connectivity index (χ3n) is 4.59. The summed E-state index contributed by atoms with van der Waals surface area (Å²) in [5.41, 5.74) is 2.50. The van der Waals surface area contributed by atoms with Crippen molar-refractivity contribution in [2.75, 3.05) is 19.0 Å². The van der Waals surface area contributed by atoms with Gasteiger partial charge in [-0.3, -0.25) is 9.59 Å². The summed E-state index contributed by atoms with van der Waals surface area (Å²) in [4.78, 5) is 37.9. The van der Waals surface area contributed by atoms with E-state index in [1.807, 2.05) is 24.3 Å². The molecule has 2 aromatic carbocycles. The number of nitrogens with one attached hydrogen (secondary N) is 1. The minimum absolute atomic E-state index is 0.235. The Morgan fingerprint density at radius 1 is 1.07 bits per heavy atom. The zero-order chi connectivity index (χ0) is 20.1. The van der Waals surface area contributed by atoms with Crippen LogP contribution in [0.15, 0.2) is 48.5 Å². The number of para-hydroxylation sites is 2. The van der Waals surface area contributed by atoms with Crippen molar-refractivity contribution in [1.82, 2.24) is 4.90 Å². The summed E-state index contributed by atoms with van der Waals surface area (Å²) < 4.78 is 10.5. The first kappa shape index (κ1) is 19.4. The van der Waals surface area contributed by atoms with Crippen LogP contribution in [-0.4, -0.2) is 42.4 Å². The summed E-state index contributed by atoms with van der Waals surface area (Å²) in [5, 5.41) is 2.66. The molecule has 3 rings (SSSR count). The Hall–Kier alpha value is -3.35. The van der Waals surface area contributed by atoms with Gasteiger partial charge >= 0.3 is 5.97 Å². The number of benzene rings is 2. The van der Waals surface area contributed by atoms with Crippen LogP contribution in [0.1, 0.15) is 18.1 Å². The molecular weight excluding hydrogens is 360 g/mol. The SMILES string of the molecule is COC(=O)[C@H]1Cc2ccccc2CN1C(=O)COc1ccccc1NC(C)=O. The highest BCUT2D eigenvalue weighted by Gasteiger charge is 2.35. The number of carbonyl (C=O) groups excluding carboxylic acids is 3. The lowest BCUT2D eigenvalue weighted by atomic mass is 9.94. The second kappa shape index (κ2) is 8.56. The Balaban J connectivity index is 1.75. The number of carbonyl (C=O) groups is 3. The summed E-state index contributed by atoms with van der Waals surface area (Å²) in [5.74, 6) is -0.636. The van der Waals surface area contributed by atoms with Crippen molar-refractivity contribution >= 4 is 23.5 Å². The lowest BCUT2D eigenvalue weighted by Crippen LogP contribution is -2.50. The Morgan fingerprint density at radius 2 is 1.75 bits per heavy atom. The molecule has 0 unspecified atom stereocenters. The smallest absolute Gasteiger partial charge is 0.328 e. The van der Waals surface area contributed by atoms with Crippen molar-refractivity contribution < 1.29 is 23.9 Å². The number of rotatable bonds is 5. The molecule has 1 heterocycles. The molecule has 0 aromatic heterocycles. The van der Waals surface area contributed by atoms with Crippen molar-refractivity contribution in [3.05, 3.63) is 59.7 Å². The van der Waals surface area contributed by atoms with Crippen molar-refractivity contribution in [3.63, 3.8) is 0 Å². The fourth-order valence-corrected chi connectivity index (χ4v) is 3.24. The maximum Gasteiger partial charge on any atom is 0.328 e. The zero-order valence-corrected chi connectivity index (χ0v) is 15.8. The van der Waals surface area contributed by atoms with Crippen LogP contribution in [0.3, 0.4) is 0 Å². The molecule has 1 aliphatic rings. The molecule has 0 radical (unpaired) electrons. The van der Waals surface area contributed by atoms with E-state index in [9.17, 15) is 14.4 Å². The van der Waals surface area contributed by atoms with E-state index in [0.29, 0.717) is 24.4 Å². The standard InChI is InChI=1S/C21H22N2O5/c1-14(24)22-17-9-5-6-10-19(17)28-13-20(25)23-12-16-8-4-3-7-15(16)11-18(23)21(26)27-2/h3-10,18H,11-13H2,1-2H3,(H,22,24)/t18-/m1/s1. The largest absolute Gasteiger partial charge is 0.482 e. The van der Waals surface area contributed by atoms with E-state index in [2.05, 4.69) is 5.32 Å². The first-order chi connectivity index (χ1) is 13.5. The number of hydrogen-bond acceptors (Lipinski definition) is 5. The van der Waals surface area contributed by atoms with Gasteiger partial charge in [0.1, 0.15) is 11.8 Å². The number of ether oxygens (including phenoxy) is 2. The molecule has 7 heteroatoms. The molecule has 0 spiro atoms. The maximum absolute atomic E-state index is 12.9. The number of methoxy groups -OCH3 is 1. The molecule has 0 fully saturated rings. The second-order valence-electron chi connectivity index (χ2n) is 6.50. The summed E-state index contributed by atoms with van der Waals surface area (Å²) in [6.07, 6.45) is 0.400. The van der Waals surface area contributed by atoms with E-state index in [1.54, 1.807) is 24.3 Å². The molecule has 0 aliphatic carbocycles. The summed E-state index contributed by atoms with van der Waals surface area (Å²) in [6, 6.07) is 13.9. The first-order valence-corrected chi connectivity index (χ1v) is 8.93. The van der Waals surface area contributed by atoms with Gasteiger partial charge in [0, 0.05) is 19.9 Å². The number of fused-ring (bicyclic) bond motifs is 1. The van der Waals surface area contributed by atoms with Gasteiger partial charge in [0.15, 0.2) is 6.61 Å². The van der Waals surface area contributed by atoms with Crippen molar-refractivity contribution in [3.8, 4) is 5.75 Å². The van der Waals surface area contributed by atoms with Gasteiger partial charge in [-0.15, -0.1) is 0 Å². The average molecular weight is 382 g/mol. The maximum atomic E-state index is 12.9. The topological polar surface area (TPSA) is 84.9 Å². The van der Waals surface area contributed by atoms with Crippen LogP contribution in [-0.2, 0) is 32.1 Å². The second-order valence-corrected chi connectivity index (χ2v) is 6.50. The van der Waals surface area contributed by atoms with Crippen LogP contribution >= 0.6 is 0 Å². The zero-order valence-electron chi connectivity index (χ0n) is 15.8. The van der Waals surface area contributed by atoms with E-state index in [-0.39, 0.29) is 18.4 Å². The predicted molar refractivity (Wildman–Crippen MR) is 103 cm³/mol. The van der Waals surface area contributed by atoms with Crippen LogP contribution in [0.25, 0.3) is 0 Å². The first-order valence-electron chi connectivity index (χ1n) is 8.93. The van der Waals surface area contributed by atoms with Gasteiger partial charge in [0.05, 0.1) is 12.8 Å². The van der Waals surface area contributed by atoms with Gasteiger partial charge in [-0.2, -0.15) is 0 Å². The molecule has 1 aliphatic heterocycles. The molecule has 1 atom stereocenters. The Labute approximate surface area is 163 Å². The molecule has 2 aromatic rings. The average Bonchev–Trinajstić information content (AvgIpc) is 2.71. The number of hydrogen-bond donors (Lipinski definition) is 1. The van der Waals surface area contributed by atoms with Crippen LogP contribution in [0.4, 0.5) is 5.69 Å². The Morgan fingerprint density at radius 3 is 2.46 bits per heavy atom. The van der Waals surface area contributed by atoms with Crippen LogP contribution < -0.4 is 10.1 Å². The van der Waals surface area contributed by atoms with Crippen molar-refractivity contribution in [1.29, 1.82) is 0 Å². The predicted octanol–water partition coefficient (Wildman–Crippen LogP) is 2.15. The Bertz CT molecular complexity index is 896. The summed E-state index contributed by atoms with van der Waals surface area (Å²) >= 11 is 0. The molecule has 0 saturated heterocycles. The molecule has 146 valence electrons. The van der Waals surface area contributed by atoms with Crippen molar-refractivity contribution in [2.45, 2.75) is 25.9 Å². The minimum atomic E-state index is -0.693. The molecule has 1 N–H and O–H groups in total. The van der Waals surface area contributed by atoms with E-state index in [0.717, 1.165) is 11.1 Å². The van der Waals surface area contributed by atoms with E-state index in [1.165, 1.54) is 18.9 Å². The Kier molecular flexibility index (Phi) is 5.93. The summed E-state index contributed by atoms with van der Waals surface area (Å²) in [6.45, 7) is 1.45. The van der Waals surface area contributed by atoms with Gasteiger partial charge in [-0.1, -0.05) is 36.4 Å². The van der Waals surface area contributed by atoms with Crippen molar-refractivity contribution in [2.24, 2.45) is 0 Å². The fourth-order valence-electron chi connectivity index (χ4n) is 3.24. The number of amides is 2. The fraction of sp³-hybridized carbons (Fsp3) is 0.286. The molecule has 0 bridgehead atoms. The highest BCUT2D eigenvalue weighted by molar-refractivity contribution is 5.90. The number of esters is 1. The molecule has 28 heavy (non-hydrogen) atoms. The highest BCUT2D eigenvalue weighted by atomic mass is 16.5. The van der Waals surface area contributed by atoms with Crippen LogP contribution in [0.2, 0.25) is 0 Å². The monoisotopic (exact) mass is 382 g/mol. The van der Waals surface area contributed by atoms with Gasteiger partial charge in [0.2, 0.25) is 5.91 Å². The molecule has 7 nitrogen and oxygen atoms in total. The third kappa shape index (κ3) is 4.31. The molecular formula is C21H22N2O5. The van der Waals surface area contributed by atoms with E-state index >= 15 is 0 Å². The van der Waals surface area contributed by atoms with Crippen LogP contribution in [0, 0.1) is 0 Å². The van der Waals surface area contributed by atoms with Crippen LogP contribution in [0.5, 0.6) is 5.75 Å². The van der Waals surface area contributed by atoms with Gasteiger partial charge < -0.3 is 19.7 Å². The van der Waals surface area contributed by atoms with Gasteiger partial charge in [-0.05, 0) is 23.3 Å². The summed E-state index contributed by atoms with van der Waals surface area (Å²) in [7, 11) is 1.31. The van der Waals surface area contributed by atoms with Gasteiger partial charge in [-0.25, -0.2) is 4.79 Å². The quantitative estimate of drug-likeness (QED) is 0.801. The molecule has 2 amide bonds. The highest BCUT2D eigenvalue weighted by Crippen LogP contribution is 2.26.